The molecule has 1 atom stereocenters. The molecule has 1 unspecified atom stereocenters. The van der Waals surface area contributed by atoms with Gasteiger partial charge in [-0.15, -0.1) is 0 Å². The van der Waals surface area contributed by atoms with E-state index in [0.717, 1.165) is 31.8 Å². The van der Waals surface area contributed by atoms with E-state index in [1.54, 1.807) is 6.92 Å². The van der Waals surface area contributed by atoms with Gasteiger partial charge >= 0.3 is 5.97 Å². The molecule has 1 rings (SSSR count). The Kier molecular flexibility index (Phi) is 3.09. The largest absolute Gasteiger partial charge is 0.480 e. The summed E-state index contributed by atoms with van der Waals surface area (Å²) in [5.41, 5.74) is 0. The van der Waals surface area contributed by atoms with Gasteiger partial charge < -0.3 is 5.11 Å². The summed E-state index contributed by atoms with van der Waals surface area (Å²) in [6.45, 7) is 5.87. The summed E-state index contributed by atoms with van der Waals surface area (Å²) in [7, 11) is 0. The van der Waals surface area contributed by atoms with Gasteiger partial charge in [-0.05, 0) is 38.8 Å². The Labute approximate surface area is 73.4 Å². The Morgan fingerprint density at radius 2 is 2.00 bits per heavy atom. The molecule has 0 saturated carbocycles. The minimum atomic E-state index is -0.704. The van der Waals surface area contributed by atoms with Crippen molar-refractivity contribution >= 4 is 5.97 Å². The number of hydrogen-bond donors (Lipinski definition) is 1. The van der Waals surface area contributed by atoms with Crippen molar-refractivity contribution in [1.29, 1.82) is 0 Å². The first kappa shape index (κ1) is 9.52. The Morgan fingerprint density at radius 1 is 1.50 bits per heavy atom. The van der Waals surface area contributed by atoms with E-state index in [-0.39, 0.29) is 6.04 Å². The van der Waals surface area contributed by atoms with Gasteiger partial charge in [0.2, 0.25) is 0 Å². The first-order valence-electron chi connectivity index (χ1n) is 4.58. The van der Waals surface area contributed by atoms with Crippen molar-refractivity contribution in [3.63, 3.8) is 0 Å². The van der Waals surface area contributed by atoms with E-state index in [1.807, 2.05) is 4.90 Å². The zero-order valence-electron chi connectivity index (χ0n) is 7.79. The second kappa shape index (κ2) is 3.90. The van der Waals surface area contributed by atoms with Crippen LogP contribution in [0.25, 0.3) is 0 Å². The number of nitrogens with zero attached hydrogens (tertiary/aromatic N) is 1. The smallest absolute Gasteiger partial charge is 0.320 e. The van der Waals surface area contributed by atoms with Crippen molar-refractivity contribution in [1.82, 2.24) is 4.90 Å². The average Bonchev–Trinajstić information content (AvgIpc) is 2.04. The van der Waals surface area contributed by atoms with Gasteiger partial charge in [-0.2, -0.15) is 0 Å². The summed E-state index contributed by atoms with van der Waals surface area (Å²) in [6, 6.07) is -0.308. The Hall–Kier alpha value is -0.570. The molecule has 3 nitrogen and oxygen atoms in total. The van der Waals surface area contributed by atoms with Crippen LogP contribution in [-0.2, 0) is 4.79 Å². The lowest BCUT2D eigenvalue weighted by Crippen LogP contribution is -2.43. The molecule has 70 valence electrons. The van der Waals surface area contributed by atoms with Gasteiger partial charge in [-0.25, -0.2) is 0 Å². The summed E-state index contributed by atoms with van der Waals surface area (Å²) >= 11 is 0. The van der Waals surface area contributed by atoms with Gasteiger partial charge in [0.05, 0.1) is 0 Å². The maximum absolute atomic E-state index is 10.6. The molecule has 1 fully saturated rings. The third-order valence-corrected chi connectivity index (χ3v) is 2.72. The lowest BCUT2D eigenvalue weighted by Gasteiger charge is -2.32. The van der Waals surface area contributed by atoms with Crippen molar-refractivity contribution in [3.8, 4) is 0 Å². The molecule has 1 aliphatic rings. The highest BCUT2D eigenvalue weighted by Crippen LogP contribution is 2.17. The highest BCUT2D eigenvalue weighted by atomic mass is 16.4. The van der Waals surface area contributed by atoms with Gasteiger partial charge in [0.25, 0.3) is 0 Å². The van der Waals surface area contributed by atoms with Crippen LogP contribution in [0.4, 0.5) is 0 Å². The maximum Gasteiger partial charge on any atom is 0.320 e. The zero-order chi connectivity index (χ0) is 9.14. The van der Waals surface area contributed by atoms with E-state index in [2.05, 4.69) is 6.92 Å². The second-order valence-corrected chi connectivity index (χ2v) is 3.73. The molecular formula is C9H17NO2. The fourth-order valence-corrected chi connectivity index (χ4v) is 1.57. The SMILES string of the molecule is CC1CCN(C(C)C(=O)O)CC1. The summed E-state index contributed by atoms with van der Waals surface area (Å²) in [4.78, 5) is 12.7. The fraction of sp³-hybridized carbons (Fsp3) is 0.889. The molecule has 12 heavy (non-hydrogen) atoms. The molecule has 0 aromatic carbocycles. The summed E-state index contributed by atoms with van der Waals surface area (Å²) in [5, 5.41) is 8.76. The molecule has 1 heterocycles. The number of carboxylic acids is 1. The normalized spacial score (nSPS) is 23.8. The van der Waals surface area contributed by atoms with Crippen LogP contribution >= 0.6 is 0 Å². The average molecular weight is 171 g/mol. The Balaban J connectivity index is 2.39. The van der Waals surface area contributed by atoms with E-state index >= 15 is 0 Å². The van der Waals surface area contributed by atoms with Gasteiger partial charge in [0, 0.05) is 0 Å². The topological polar surface area (TPSA) is 40.5 Å². The lowest BCUT2D eigenvalue weighted by atomic mass is 9.98. The molecule has 0 bridgehead atoms. The molecule has 0 aromatic heterocycles. The van der Waals surface area contributed by atoms with Crippen molar-refractivity contribution < 1.29 is 9.90 Å². The van der Waals surface area contributed by atoms with Crippen LogP contribution < -0.4 is 0 Å². The number of aliphatic carboxylic acids is 1. The van der Waals surface area contributed by atoms with Crippen molar-refractivity contribution in [2.75, 3.05) is 13.1 Å². The van der Waals surface area contributed by atoms with E-state index in [1.165, 1.54) is 0 Å². The monoisotopic (exact) mass is 171 g/mol. The van der Waals surface area contributed by atoms with Gasteiger partial charge in [-0.3, -0.25) is 9.69 Å². The first-order chi connectivity index (χ1) is 5.61. The lowest BCUT2D eigenvalue weighted by molar-refractivity contribution is -0.143. The van der Waals surface area contributed by atoms with Crippen molar-refractivity contribution in [3.05, 3.63) is 0 Å². The third-order valence-electron chi connectivity index (χ3n) is 2.72. The van der Waals surface area contributed by atoms with Crippen LogP contribution in [0.3, 0.4) is 0 Å². The van der Waals surface area contributed by atoms with Crippen LogP contribution in [-0.4, -0.2) is 35.1 Å². The fourth-order valence-electron chi connectivity index (χ4n) is 1.57. The standard InChI is InChI=1S/C9H17NO2/c1-7-3-5-10(6-4-7)8(2)9(11)12/h7-8H,3-6H2,1-2H3,(H,11,12). The number of rotatable bonds is 2. The molecular weight excluding hydrogens is 154 g/mol. The number of piperidine rings is 1. The minimum absolute atomic E-state index is 0.308. The van der Waals surface area contributed by atoms with Crippen LogP contribution in [0.2, 0.25) is 0 Å². The molecule has 0 amide bonds. The van der Waals surface area contributed by atoms with Crippen LogP contribution in [0, 0.1) is 5.92 Å². The molecule has 0 radical (unpaired) electrons. The highest BCUT2D eigenvalue weighted by Gasteiger charge is 2.24. The summed E-state index contributed by atoms with van der Waals surface area (Å²) < 4.78 is 0. The van der Waals surface area contributed by atoms with Crippen LogP contribution in [0.5, 0.6) is 0 Å². The van der Waals surface area contributed by atoms with Crippen LogP contribution in [0.1, 0.15) is 26.7 Å². The highest BCUT2D eigenvalue weighted by molar-refractivity contribution is 5.72. The van der Waals surface area contributed by atoms with E-state index in [9.17, 15) is 4.79 Å². The van der Waals surface area contributed by atoms with Gasteiger partial charge in [-0.1, -0.05) is 6.92 Å². The van der Waals surface area contributed by atoms with Crippen molar-refractivity contribution in [2.24, 2.45) is 5.92 Å². The summed E-state index contributed by atoms with van der Waals surface area (Å²) in [6.07, 6.45) is 2.27. The molecule has 1 N–H and O–H groups in total. The third kappa shape index (κ3) is 2.21. The molecule has 1 aliphatic heterocycles. The van der Waals surface area contributed by atoms with Gasteiger partial charge in [0.15, 0.2) is 0 Å². The molecule has 3 heteroatoms. The molecule has 1 saturated heterocycles. The minimum Gasteiger partial charge on any atom is -0.480 e. The number of carboxylic acid groups (broad SMARTS) is 1. The molecule has 0 aromatic rings. The Morgan fingerprint density at radius 3 is 2.42 bits per heavy atom. The van der Waals surface area contributed by atoms with E-state index in [4.69, 9.17) is 5.11 Å². The second-order valence-electron chi connectivity index (χ2n) is 3.73. The number of carbonyl (C=O) groups is 1. The first-order valence-corrected chi connectivity index (χ1v) is 4.58. The predicted octanol–water partition coefficient (Wildman–Crippen LogP) is 1.19. The summed E-state index contributed by atoms with van der Waals surface area (Å²) in [5.74, 6) is 0.0618. The predicted molar refractivity (Wildman–Crippen MR) is 47.1 cm³/mol. The van der Waals surface area contributed by atoms with Gasteiger partial charge in [0.1, 0.15) is 6.04 Å². The Bertz CT molecular complexity index is 162. The zero-order valence-corrected chi connectivity index (χ0v) is 7.79. The quantitative estimate of drug-likeness (QED) is 0.678. The maximum atomic E-state index is 10.6. The van der Waals surface area contributed by atoms with Crippen LogP contribution in [0.15, 0.2) is 0 Å². The van der Waals surface area contributed by atoms with E-state index < -0.39 is 5.97 Å². The molecule has 0 spiro atoms. The van der Waals surface area contributed by atoms with E-state index in [0.29, 0.717) is 0 Å². The van der Waals surface area contributed by atoms with Crippen molar-refractivity contribution in [2.45, 2.75) is 32.7 Å². The molecule has 0 aliphatic carbocycles. The number of hydrogen-bond acceptors (Lipinski definition) is 2. The number of likely N-dealkylation sites (tertiary alicyclic amines) is 1.